The Hall–Kier alpha value is -1.62. The van der Waals surface area contributed by atoms with Gasteiger partial charge in [0.1, 0.15) is 0 Å². The summed E-state index contributed by atoms with van der Waals surface area (Å²) in [5, 5.41) is 7.90. The van der Waals surface area contributed by atoms with E-state index in [2.05, 4.69) is 15.2 Å². The van der Waals surface area contributed by atoms with Crippen LogP contribution in [0, 0.1) is 6.92 Å². The summed E-state index contributed by atoms with van der Waals surface area (Å²) >= 11 is 5.62. The maximum absolute atomic E-state index is 5.62. The predicted octanol–water partition coefficient (Wildman–Crippen LogP) is 2.19. The van der Waals surface area contributed by atoms with Crippen LogP contribution in [0.25, 0.3) is 0 Å². The highest BCUT2D eigenvalue weighted by Crippen LogP contribution is 2.13. The predicted molar refractivity (Wildman–Crippen MR) is 69.8 cm³/mol. The standard InChI is InChI=1S/C12H15ClN4O/c1-9-4-3-5-10(14-9)8-17(2)12-16-15-11(18-12)6-7-13/h3-5H,6-8H2,1-2H3. The van der Waals surface area contributed by atoms with Crippen molar-refractivity contribution in [2.75, 3.05) is 17.8 Å². The summed E-state index contributed by atoms with van der Waals surface area (Å²) < 4.78 is 5.48. The van der Waals surface area contributed by atoms with E-state index in [0.29, 0.717) is 30.8 Å². The monoisotopic (exact) mass is 266 g/mol. The van der Waals surface area contributed by atoms with E-state index in [4.69, 9.17) is 16.0 Å². The Kier molecular flexibility index (Phi) is 4.15. The minimum Gasteiger partial charge on any atom is -0.408 e. The molecule has 2 aromatic heterocycles. The Morgan fingerprint density at radius 1 is 1.33 bits per heavy atom. The first-order chi connectivity index (χ1) is 8.69. The molecular formula is C12H15ClN4O. The third-order valence-corrected chi connectivity index (χ3v) is 2.63. The van der Waals surface area contributed by atoms with E-state index in [-0.39, 0.29) is 0 Å². The van der Waals surface area contributed by atoms with Crippen LogP contribution in [0.5, 0.6) is 0 Å². The molecule has 0 N–H and O–H groups in total. The normalized spacial score (nSPS) is 10.6. The van der Waals surface area contributed by atoms with Crippen LogP contribution in [-0.4, -0.2) is 28.1 Å². The number of nitrogens with zero attached hydrogens (tertiary/aromatic N) is 4. The van der Waals surface area contributed by atoms with E-state index < -0.39 is 0 Å². The van der Waals surface area contributed by atoms with E-state index in [1.807, 2.05) is 37.1 Å². The van der Waals surface area contributed by atoms with Crippen molar-refractivity contribution in [1.29, 1.82) is 0 Å². The van der Waals surface area contributed by atoms with Crippen LogP contribution < -0.4 is 4.90 Å². The number of hydrogen-bond acceptors (Lipinski definition) is 5. The van der Waals surface area contributed by atoms with Gasteiger partial charge in [-0.25, -0.2) is 0 Å². The molecule has 0 aromatic carbocycles. The summed E-state index contributed by atoms with van der Waals surface area (Å²) in [6.07, 6.45) is 0.588. The van der Waals surface area contributed by atoms with Crippen molar-refractivity contribution in [1.82, 2.24) is 15.2 Å². The molecule has 0 saturated heterocycles. The average Bonchev–Trinajstić information content (AvgIpc) is 2.78. The molecule has 2 aromatic rings. The Morgan fingerprint density at radius 2 is 2.17 bits per heavy atom. The molecule has 0 saturated carbocycles. The third-order valence-electron chi connectivity index (χ3n) is 2.44. The zero-order chi connectivity index (χ0) is 13.0. The Morgan fingerprint density at radius 3 is 2.89 bits per heavy atom. The number of pyridine rings is 1. The number of halogens is 1. The Bertz CT molecular complexity index is 514. The van der Waals surface area contributed by atoms with Gasteiger partial charge in [-0.3, -0.25) is 4.98 Å². The number of hydrogen-bond donors (Lipinski definition) is 0. The largest absolute Gasteiger partial charge is 0.408 e. The second-order valence-corrected chi connectivity index (χ2v) is 4.42. The number of alkyl halides is 1. The van der Waals surface area contributed by atoms with Gasteiger partial charge >= 0.3 is 6.01 Å². The molecule has 5 nitrogen and oxygen atoms in total. The third kappa shape index (κ3) is 3.20. The van der Waals surface area contributed by atoms with Gasteiger partial charge in [-0.05, 0) is 19.1 Å². The van der Waals surface area contributed by atoms with Crippen molar-refractivity contribution in [3.8, 4) is 0 Å². The molecule has 2 heterocycles. The fourth-order valence-electron chi connectivity index (χ4n) is 1.58. The molecule has 0 aliphatic rings. The summed E-state index contributed by atoms with van der Waals surface area (Å²) in [5.41, 5.74) is 1.96. The minimum atomic E-state index is 0.477. The topological polar surface area (TPSA) is 55.1 Å². The van der Waals surface area contributed by atoms with Crippen molar-refractivity contribution in [3.05, 3.63) is 35.5 Å². The van der Waals surface area contributed by atoms with Crippen molar-refractivity contribution in [2.45, 2.75) is 19.9 Å². The van der Waals surface area contributed by atoms with E-state index in [1.54, 1.807) is 0 Å². The van der Waals surface area contributed by atoms with Crippen LogP contribution in [0.15, 0.2) is 22.6 Å². The van der Waals surface area contributed by atoms with E-state index >= 15 is 0 Å². The van der Waals surface area contributed by atoms with Crippen LogP contribution in [0.3, 0.4) is 0 Å². The highest BCUT2D eigenvalue weighted by Gasteiger charge is 2.11. The van der Waals surface area contributed by atoms with Crippen LogP contribution in [0.1, 0.15) is 17.3 Å². The molecule has 0 bridgehead atoms. The molecule has 0 fully saturated rings. The van der Waals surface area contributed by atoms with Gasteiger partial charge in [-0.2, -0.15) is 0 Å². The Labute approximate surface area is 111 Å². The second kappa shape index (κ2) is 5.82. The van der Waals surface area contributed by atoms with E-state index in [9.17, 15) is 0 Å². The molecule has 0 amide bonds. The number of anilines is 1. The van der Waals surface area contributed by atoms with Crippen LogP contribution in [0.4, 0.5) is 6.01 Å². The molecule has 6 heteroatoms. The van der Waals surface area contributed by atoms with Gasteiger partial charge in [0.15, 0.2) is 0 Å². The van der Waals surface area contributed by atoms with Gasteiger partial charge in [0.2, 0.25) is 5.89 Å². The molecule has 0 atom stereocenters. The van der Waals surface area contributed by atoms with Crippen LogP contribution >= 0.6 is 11.6 Å². The fourth-order valence-corrected chi connectivity index (χ4v) is 1.74. The first kappa shape index (κ1) is 12.8. The van der Waals surface area contributed by atoms with Crippen LogP contribution in [-0.2, 0) is 13.0 Å². The molecule has 0 radical (unpaired) electrons. The smallest absolute Gasteiger partial charge is 0.318 e. The van der Waals surface area contributed by atoms with Crippen molar-refractivity contribution >= 4 is 17.6 Å². The van der Waals surface area contributed by atoms with Gasteiger partial charge in [0.05, 0.1) is 12.2 Å². The van der Waals surface area contributed by atoms with Crippen LogP contribution in [0.2, 0.25) is 0 Å². The summed E-state index contributed by atoms with van der Waals surface area (Å²) in [6, 6.07) is 6.41. The maximum atomic E-state index is 5.62. The summed E-state index contributed by atoms with van der Waals surface area (Å²) in [4.78, 5) is 6.30. The highest BCUT2D eigenvalue weighted by molar-refractivity contribution is 6.17. The summed E-state index contributed by atoms with van der Waals surface area (Å²) in [5.74, 6) is 1.04. The quantitative estimate of drug-likeness (QED) is 0.777. The van der Waals surface area contributed by atoms with Gasteiger partial charge in [-0.1, -0.05) is 11.2 Å². The lowest BCUT2D eigenvalue weighted by Crippen LogP contribution is -2.17. The number of aromatic nitrogens is 3. The lowest BCUT2D eigenvalue weighted by molar-refractivity contribution is 0.494. The number of rotatable bonds is 5. The zero-order valence-corrected chi connectivity index (χ0v) is 11.2. The molecule has 0 aliphatic heterocycles. The molecule has 96 valence electrons. The molecule has 0 aliphatic carbocycles. The van der Waals surface area contributed by atoms with E-state index in [1.165, 1.54) is 0 Å². The average molecular weight is 267 g/mol. The van der Waals surface area contributed by atoms with Gasteiger partial charge in [-0.15, -0.1) is 16.7 Å². The zero-order valence-electron chi connectivity index (χ0n) is 10.4. The Balaban J connectivity index is 2.04. The van der Waals surface area contributed by atoms with E-state index in [0.717, 1.165) is 11.4 Å². The first-order valence-electron chi connectivity index (χ1n) is 5.71. The summed E-state index contributed by atoms with van der Waals surface area (Å²) in [6.45, 7) is 2.60. The van der Waals surface area contributed by atoms with Gasteiger partial charge in [0, 0.05) is 25.0 Å². The molecule has 2 rings (SSSR count). The lowest BCUT2D eigenvalue weighted by atomic mass is 10.3. The second-order valence-electron chi connectivity index (χ2n) is 4.04. The fraction of sp³-hybridized carbons (Fsp3) is 0.417. The molecule has 0 unspecified atom stereocenters. The first-order valence-corrected chi connectivity index (χ1v) is 6.24. The van der Waals surface area contributed by atoms with Crippen molar-refractivity contribution in [3.63, 3.8) is 0 Å². The van der Waals surface area contributed by atoms with Gasteiger partial charge in [0.25, 0.3) is 0 Å². The molecule has 18 heavy (non-hydrogen) atoms. The lowest BCUT2D eigenvalue weighted by Gasteiger charge is -2.13. The van der Waals surface area contributed by atoms with Crippen molar-refractivity contribution < 1.29 is 4.42 Å². The SMILES string of the molecule is Cc1cccc(CN(C)c2nnc(CCCl)o2)n1. The highest BCUT2D eigenvalue weighted by atomic mass is 35.5. The molecular weight excluding hydrogens is 252 g/mol. The summed E-state index contributed by atoms with van der Waals surface area (Å²) in [7, 11) is 1.89. The molecule has 0 spiro atoms. The number of aryl methyl sites for hydroxylation is 2. The maximum Gasteiger partial charge on any atom is 0.318 e. The van der Waals surface area contributed by atoms with Gasteiger partial charge < -0.3 is 9.32 Å². The minimum absolute atomic E-state index is 0.477. The van der Waals surface area contributed by atoms with Crippen molar-refractivity contribution in [2.24, 2.45) is 0 Å².